The van der Waals surface area contributed by atoms with E-state index in [1.807, 2.05) is 6.07 Å². The Balaban J connectivity index is 2.23. The van der Waals surface area contributed by atoms with E-state index in [9.17, 15) is 0 Å². The number of aromatic nitrogens is 1. The van der Waals surface area contributed by atoms with Gasteiger partial charge in [0.2, 0.25) is 5.88 Å². The molecule has 0 saturated heterocycles. The van der Waals surface area contributed by atoms with Crippen molar-refractivity contribution in [2.45, 2.75) is 19.3 Å². The SMILES string of the molecule is COc1cc(CC2(CN)CC2)c(OC)cn1. The van der Waals surface area contributed by atoms with Crippen molar-refractivity contribution in [2.24, 2.45) is 11.1 Å². The van der Waals surface area contributed by atoms with Gasteiger partial charge in [0, 0.05) is 11.6 Å². The van der Waals surface area contributed by atoms with E-state index in [0.29, 0.717) is 11.3 Å². The molecule has 1 aromatic rings. The Labute approximate surface area is 95.8 Å². The van der Waals surface area contributed by atoms with Crippen LogP contribution in [-0.2, 0) is 6.42 Å². The van der Waals surface area contributed by atoms with Gasteiger partial charge in [-0.2, -0.15) is 0 Å². The minimum Gasteiger partial charge on any atom is -0.495 e. The highest BCUT2D eigenvalue weighted by Crippen LogP contribution is 2.48. The standard InChI is InChI=1S/C12H18N2O2/c1-15-10-7-14-11(16-2)5-9(10)6-12(8-13)3-4-12/h5,7H,3-4,6,8,13H2,1-2H3. The van der Waals surface area contributed by atoms with Crippen LogP contribution in [-0.4, -0.2) is 25.7 Å². The van der Waals surface area contributed by atoms with Crippen molar-refractivity contribution in [1.82, 2.24) is 4.98 Å². The number of hydrogen-bond donors (Lipinski definition) is 1. The van der Waals surface area contributed by atoms with Crippen LogP contribution in [0.15, 0.2) is 12.3 Å². The molecule has 4 nitrogen and oxygen atoms in total. The van der Waals surface area contributed by atoms with Crippen LogP contribution in [0.5, 0.6) is 11.6 Å². The maximum atomic E-state index is 5.79. The molecule has 0 radical (unpaired) electrons. The molecule has 0 amide bonds. The number of methoxy groups -OCH3 is 2. The smallest absolute Gasteiger partial charge is 0.213 e. The predicted molar refractivity (Wildman–Crippen MR) is 61.8 cm³/mol. The van der Waals surface area contributed by atoms with Gasteiger partial charge in [0.25, 0.3) is 0 Å². The molecule has 0 bridgehead atoms. The Bertz CT molecular complexity index is 375. The van der Waals surface area contributed by atoms with Crippen LogP contribution in [0.2, 0.25) is 0 Å². The van der Waals surface area contributed by atoms with E-state index in [2.05, 4.69) is 4.98 Å². The van der Waals surface area contributed by atoms with E-state index in [4.69, 9.17) is 15.2 Å². The molecule has 1 heterocycles. The Kier molecular flexibility index (Phi) is 3.01. The zero-order valence-electron chi connectivity index (χ0n) is 9.82. The zero-order chi connectivity index (χ0) is 11.6. The van der Waals surface area contributed by atoms with Gasteiger partial charge in [-0.1, -0.05) is 0 Å². The molecule has 1 aromatic heterocycles. The fraction of sp³-hybridized carbons (Fsp3) is 0.583. The molecule has 4 heteroatoms. The lowest BCUT2D eigenvalue weighted by Gasteiger charge is -2.15. The van der Waals surface area contributed by atoms with Crippen LogP contribution < -0.4 is 15.2 Å². The predicted octanol–water partition coefficient (Wildman–Crippen LogP) is 1.38. The average Bonchev–Trinajstić information content (AvgIpc) is 3.09. The van der Waals surface area contributed by atoms with Crippen LogP contribution in [0, 0.1) is 5.41 Å². The Morgan fingerprint density at radius 3 is 2.62 bits per heavy atom. The lowest BCUT2D eigenvalue weighted by Crippen LogP contribution is -2.18. The molecule has 0 aliphatic heterocycles. The van der Waals surface area contributed by atoms with Crippen molar-refractivity contribution >= 4 is 0 Å². The second kappa shape index (κ2) is 4.29. The maximum Gasteiger partial charge on any atom is 0.213 e. The van der Waals surface area contributed by atoms with Gasteiger partial charge >= 0.3 is 0 Å². The highest BCUT2D eigenvalue weighted by molar-refractivity contribution is 5.36. The Hall–Kier alpha value is -1.29. The van der Waals surface area contributed by atoms with Crippen molar-refractivity contribution < 1.29 is 9.47 Å². The Morgan fingerprint density at radius 1 is 1.38 bits per heavy atom. The first kappa shape index (κ1) is 11.2. The second-order valence-corrected chi connectivity index (χ2v) is 4.42. The molecular formula is C12H18N2O2. The van der Waals surface area contributed by atoms with E-state index < -0.39 is 0 Å². The van der Waals surface area contributed by atoms with Gasteiger partial charge in [-0.05, 0) is 31.2 Å². The summed E-state index contributed by atoms with van der Waals surface area (Å²) in [6.45, 7) is 0.737. The summed E-state index contributed by atoms with van der Waals surface area (Å²) in [6.07, 6.45) is 5.07. The van der Waals surface area contributed by atoms with Crippen molar-refractivity contribution in [3.63, 3.8) is 0 Å². The van der Waals surface area contributed by atoms with Crippen LogP contribution in [0.1, 0.15) is 18.4 Å². The van der Waals surface area contributed by atoms with Gasteiger partial charge in [-0.25, -0.2) is 4.98 Å². The molecule has 0 unspecified atom stereocenters. The zero-order valence-corrected chi connectivity index (χ0v) is 9.82. The molecule has 1 fully saturated rings. The lowest BCUT2D eigenvalue weighted by atomic mass is 9.97. The number of pyridine rings is 1. The fourth-order valence-corrected chi connectivity index (χ4v) is 1.93. The summed E-state index contributed by atoms with van der Waals surface area (Å²) >= 11 is 0. The third-order valence-corrected chi connectivity index (χ3v) is 3.31. The number of hydrogen-bond acceptors (Lipinski definition) is 4. The van der Waals surface area contributed by atoms with E-state index in [1.165, 1.54) is 12.8 Å². The minimum absolute atomic E-state index is 0.291. The summed E-state index contributed by atoms with van der Waals surface area (Å²) in [7, 11) is 3.28. The van der Waals surface area contributed by atoms with Crippen LogP contribution >= 0.6 is 0 Å². The Morgan fingerprint density at radius 2 is 2.12 bits per heavy atom. The fourth-order valence-electron chi connectivity index (χ4n) is 1.93. The van der Waals surface area contributed by atoms with Crippen molar-refractivity contribution in [2.75, 3.05) is 20.8 Å². The van der Waals surface area contributed by atoms with Crippen LogP contribution in [0.3, 0.4) is 0 Å². The highest BCUT2D eigenvalue weighted by Gasteiger charge is 2.41. The summed E-state index contributed by atoms with van der Waals surface area (Å²) in [6, 6.07) is 1.94. The third-order valence-electron chi connectivity index (χ3n) is 3.31. The molecule has 2 rings (SSSR count). The molecule has 0 aromatic carbocycles. The molecule has 1 saturated carbocycles. The molecule has 1 aliphatic carbocycles. The summed E-state index contributed by atoms with van der Waals surface area (Å²) in [5, 5.41) is 0. The summed E-state index contributed by atoms with van der Waals surface area (Å²) in [4.78, 5) is 4.13. The van der Waals surface area contributed by atoms with Crippen LogP contribution in [0.25, 0.3) is 0 Å². The first-order valence-corrected chi connectivity index (χ1v) is 5.50. The van der Waals surface area contributed by atoms with Crippen LogP contribution in [0.4, 0.5) is 0 Å². The first-order valence-electron chi connectivity index (χ1n) is 5.50. The second-order valence-electron chi connectivity index (χ2n) is 4.42. The molecule has 88 valence electrons. The topological polar surface area (TPSA) is 57.4 Å². The van der Waals surface area contributed by atoms with Gasteiger partial charge in [0.15, 0.2) is 0 Å². The molecule has 0 spiro atoms. The van der Waals surface area contributed by atoms with E-state index in [0.717, 1.165) is 24.3 Å². The largest absolute Gasteiger partial charge is 0.495 e. The third kappa shape index (κ3) is 2.11. The molecular weight excluding hydrogens is 204 g/mol. The van der Waals surface area contributed by atoms with Crippen molar-refractivity contribution in [3.05, 3.63) is 17.8 Å². The molecule has 0 atom stereocenters. The molecule has 1 aliphatic rings. The minimum atomic E-state index is 0.291. The highest BCUT2D eigenvalue weighted by atomic mass is 16.5. The molecule has 16 heavy (non-hydrogen) atoms. The van der Waals surface area contributed by atoms with Gasteiger partial charge in [-0.15, -0.1) is 0 Å². The number of nitrogens with two attached hydrogens (primary N) is 1. The monoisotopic (exact) mass is 222 g/mol. The van der Waals surface area contributed by atoms with Gasteiger partial charge in [0.05, 0.1) is 20.4 Å². The quantitative estimate of drug-likeness (QED) is 0.817. The summed E-state index contributed by atoms with van der Waals surface area (Å²) < 4.78 is 10.4. The normalized spacial score (nSPS) is 16.9. The van der Waals surface area contributed by atoms with E-state index in [1.54, 1.807) is 20.4 Å². The number of rotatable bonds is 5. The van der Waals surface area contributed by atoms with Gasteiger partial charge < -0.3 is 15.2 Å². The van der Waals surface area contributed by atoms with Crippen molar-refractivity contribution in [1.29, 1.82) is 0 Å². The summed E-state index contributed by atoms with van der Waals surface area (Å²) in [5.74, 6) is 1.45. The first-order chi connectivity index (χ1) is 7.73. The van der Waals surface area contributed by atoms with E-state index in [-0.39, 0.29) is 0 Å². The van der Waals surface area contributed by atoms with Crippen molar-refractivity contribution in [3.8, 4) is 11.6 Å². The maximum absolute atomic E-state index is 5.79. The van der Waals surface area contributed by atoms with Gasteiger partial charge in [0.1, 0.15) is 5.75 Å². The van der Waals surface area contributed by atoms with Gasteiger partial charge in [-0.3, -0.25) is 0 Å². The lowest BCUT2D eigenvalue weighted by molar-refractivity contribution is 0.379. The van der Waals surface area contributed by atoms with E-state index >= 15 is 0 Å². The summed E-state index contributed by atoms with van der Waals surface area (Å²) in [5.41, 5.74) is 7.22. The molecule has 2 N–H and O–H groups in total. The average molecular weight is 222 g/mol. The number of nitrogens with zero attached hydrogens (tertiary/aromatic N) is 1. The number of ether oxygens (including phenoxy) is 2.